The maximum absolute atomic E-state index is 6.01. The minimum absolute atomic E-state index is 0.261. The largest absolute Gasteiger partial charge is 0.493 e. The van der Waals surface area contributed by atoms with Gasteiger partial charge in [-0.1, -0.05) is 18.5 Å². The van der Waals surface area contributed by atoms with Gasteiger partial charge in [-0.2, -0.15) is 5.10 Å². The molecule has 0 aliphatic carbocycles. The smallest absolute Gasteiger partial charge is 0.138 e. The normalized spacial score (nSPS) is 12.1. The summed E-state index contributed by atoms with van der Waals surface area (Å²) in [6.07, 6.45) is 7.35. The van der Waals surface area contributed by atoms with Crippen LogP contribution < -0.4 is 10.1 Å². The first-order valence-electron chi connectivity index (χ1n) is 8.97. The van der Waals surface area contributed by atoms with Crippen molar-refractivity contribution in [1.29, 1.82) is 0 Å². The summed E-state index contributed by atoms with van der Waals surface area (Å²) in [5.74, 6) is 1.85. The van der Waals surface area contributed by atoms with E-state index in [1.165, 1.54) is 0 Å². The Bertz CT molecular complexity index is 1090. The predicted octanol–water partition coefficient (Wildman–Crippen LogP) is 4.94. The quantitative estimate of drug-likeness (QED) is 0.470. The van der Waals surface area contributed by atoms with E-state index >= 15 is 0 Å². The molecule has 7 heteroatoms. The van der Waals surface area contributed by atoms with E-state index < -0.39 is 0 Å². The summed E-state index contributed by atoms with van der Waals surface area (Å²) in [5.41, 5.74) is 1.99. The fraction of sp³-hybridized carbons (Fsp3) is 0.190. The van der Waals surface area contributed by atoms with E-state index in [1.54, 1.807) is 23.1 Å². The second kappa shape index (κ2) is 7.86. The molecule has 0 aliphatic heterocycles. The van der Waals surface area contributed by atoms with Crippen molar-refractivity contribution < 1.29 is 4.74 Å². The lowest BCUT2D eigenvalue weighted by Crippen LogP contribution is -2.06. The van der Waals surface area contributed by atoms with Gasteiger partial charge in [0.25, 0.3) is 0 Å². The molecule has 4 rings (SSSR count). The van der Waals surface area contributed by atoms with Crippen LogP contribution in [0.15, 0.2) is 61.2 Å². The van der Waals surface area contributed by atoms with Crippen LogP contribution in [0, 0.1) is 0 Å². The van der Waals surface area contributed by atoms with Gasteiger partial charge in [0.2, 0.25) is 0 Å². The highest BCUT2D eigenvalue weighted by atomic mass is 35.5. The zero-order chi connectivity index (χ0) is 19.5. The second-order valence-electron chi connectivity index (χ2n) is 6.70. The molecule has 3 aromatic heterocycles. The maximum atomic E-state index is 6.01. The molecule has 1 atom stereocenters. The third-order valence-corrected chi connectivity index (χ3v) is 4.74. The number of ether oxygens (including phenoxy) is 1. The van der Waals surface area contributed by atoms with Crippen LogP contribution in [0.2, 0.25) is 5.15 Å². The summed E-state index contributed by atoms with van der Waals surface area (Å²) in [7, 11) is 1.92. The average Bonchev–Trinajstić information content (AvgIpc) is 3.14. The van der Waals surface area contributed by atoms with Crippen molar-refractivity contribution >= 4 is 33.9 Å². The minimum Gasteiger partial charge on any atom is -0.493 e. The SMILES string of the molecule is CC(COc1ccc2c(Nc3ccc(Cl)nc3)nccc2c1)c1cnn(C)c1. The first-order valence-corrected chi connectivity index (χ1v) is 9.35. The van der Waals surface area contributed by atoms with Crippen molar-refractivity contribution in [2.45, 2.75) is 12.8 Å². The molecule has 1 aromatic carbocycles. The van der Waals surface area contributed by atoms with E-state index in [0.717, 1.165) is 33.6 Å². The number of aryl methyl sites for hydroxylation is 1. The summed E-state index contributed by atoms with van der Waals surface area (Å²) < 4.78 is 7.81. The Morgan fingerprint density at radius 3 is 2.79 bits per heavy atom. The van der Waals surface area contributed by atoms with E-state index in [2.05, 4.69) is 27.3 Å². The molecule has 0 amide bonds. The fourth-order valence-corrected chi connectivity index (χ4v) is 3.06. The van der Waals surface area contributed by atoms with Gasteiger partial charge in [-0.15, -0.1) is 0 Å². The highest BCUT2D eigenvalue weighted by Gasteiger charge is 2.10. The zero-order valence-corrected chi connectivity index (χ0v) is 16.4. The second-order valence-corrected chi connectivity index (χ2v) is 7.08. The van der Waals surface area contributed by atoms with E-state index in [9.17, 15) is 0 Å². The van der Waals surface area contributed by atoms with E-state index in [0.29, 0.717) is 11.8 Å². The number of nitrogens with zero attached hydrogens (tertiary/aromatic N) is 4. The van der Waals surface area contributed by atoms with Crippen molar-refractivity contribution in [2.75, 3.05) is 11.9 Å². The summed E-state index contributed by atoms with van der Waals surface area (Å²) in [6.45, 7) is 2.72. The van der Waals surface area contributed by atoms with Gasteiger partial charge >= 0.3 is 0 Å². The summed E-state index contributed by atoms with van der Waals surface area (Å²) >= 11 is 5.85. The van der Waals surface area contributed by atoms with Crippen LogP contribution in [0.25, 0.3) is 10.8 Å². The van der Waals surface area contributed by atoms with Crippen LogP contribution in [0.3, 0.4) is 0 Å². The first kappa shape index (κ1) is 18.3. The zero-order valence-electron chi connectivity index (χ0n) is 15.6. The Balaban J connectivity index is 1.50. The minimum atomic E-state index is 0.261. The Morgan fingerprint density at radius 2 is 2.04 bits per heavy atom. The Labute approximate surface area is 168 Å². The average molecular weight is 394 g/mol. The van der Waals surface area contributed by atoms with Crippen LogP contribution in [-0.4, -0.2) is 26.4 Å². The van der Waals surface area contributed by atoms with E-state index in [-0.39, 0.29) is 5.92 Å². The molecular formula is C21H20ClN5O. The van der Waals surface area contributed by atoms with Gasteiger partial charge in [-0.05, 0) is 47.3 Å². The maximum Gasteiger partial charge on any atom is 0.138 e. The molecule has 28 heavy (non-hydrogen) atoms. The molecule has 0 bridgehead atoms. The number of fused-ring (bicyclic) bond motifs is 1. The number of hydrogen-bond acceptors (Lipinski definition) is 5. The van der Waals surface area contributed by atoms with E-state index in [1.807, 2.05) is 49.8 Å². The molecule has 0 fully saturated rings. The number of rotatable bonds is 6. The van der Waals surface area contributed by atoms with Crippen LogP contribution >= 0.6 is 11.6 Å². The van der Waals surface area contributed by atoms with Gasteiger partial charge in [-0.25, -0.2) is 9.97 Å². The van der Waals surface area contributed by atoms with Crippen LogP contribution in [0.1, 0.15) is 18.4 Å². The number of aromatic nitrogens is 4. The number of nitrogens with one attached hydrogen (secondary N) is 1. The highest BCUT2D eigenvalue weighted by molar-refractivity contribution is 6.29. The van der Waals surface area contributed by atoms with Gasteiger partial charge in [0, 0.05) is 30.7 Å². The third kappa shape index (κ3) is 4.07. The lowest BCUT2D eigenvalue weighted by atomic mass is 10.1. The molecule has 0 radical (unpaired) electrons. The fourth-order valence-electron chi connectivity index (χ4n) is 2.94. The molecule has 0 saturated heterocycles. The highest BCUT2D eigenvalue weighted by Crippen LogP contribution is 2.28. The van der Waals surface area contributed by atoms with Crippen molar-refractivity contribution in [1.82, 2.24) is 19.7 Å². The van der Waals surface area contributed by atoms with Gasteiger partial charge in [0.1, 0.15) is 16.7 Å². The lowest BCUT2D eigenvalue weighted by Gasteiger charge is -2.13. The van der Waals surface area contributed by atoms with E-state index in [4.69, 9.17) is 16.3 Å². The van der Waals surface area contributed by atoms with Crippen LogP contribution in [-0.2, 0) is 7.05 Å². The molecule has 1 N–H and O–H groups in total. The summed E-state index contributed by atoms with van der Waals surface area (Å²) in [4.78, 5) is 8.53. The van der Waals surface area contributed by atoms with Gasteiger partial charge in [-0.3, -0.25) is 4.68 Å². The number of anilines is 2. The molecule has 0 saturated carbocycles. The standard InChI is InChI=1S/C21H20ClN5O/c1-14(16-10-25-27(2)12-16)13-28-18-4-5-19-15(9-18)7-8-23-21(19)26-17-3-6-20(22)24-11-17/h3-12,14H,13H2,1-2H3,(H,23,26). The monoisotopic (exact) mass is 393 g/mol. The molecule has 0 spiro atoms. The Morgan fingerprint density at radius 1 is 1.14 bits per heavy atom. The molecule has 142 valence electrons. The van der Waals surface area contributed by atoms with Gasteiger partial charge in [0.15, 0.2) is 0 Å². The molecule has 0 aliphatic rings. The lowest BCUT2D eigenvalue weighted by molar-refractivity contribution is 0.296. The van der Waals surface area contributed by atoms with Crippen LogP contribution in [0.4, 0.5) is 11.5 Å². The topological polar surface area (TPSA) is 64.9 Å². The Hall–Kier alpha value is -3.12. The number of pyridine rings is 2. The van der Waals surface area contributed by atoms with Crippen molar-refractivity contribution in [3.63, 3.8) is 0 Å². The van der Waals surface area contributed by atoms with Crippen LogP contribution in [0.5, 0.6) is 5.75 Å². The van der Waals surface area contributed by atoms with Crippen molar-refractivity contribution in [2.24, 2.45) is 7.05 Å². The van der Waals surface area contributed by atoms with Gasteiger partial charge < -0.3 is 10.1 Å². The molecule has 4 aromatic rings. The number of halogens is 1. The number of hydrogen-bond donors (Lipinski definition) is 1. The van der Waals surface area contributed by atoms with Gasteiger partial charge in [0.05, 0.1) is 24.7 Å². The first-order chi connectivity index (χ1) is 13.6. The molecular weight excluding hydrogens is 374 g/mol. The third-order valence-electron chi connectivity index (χ3n) is 4.52. The van der Waals surface area contributed by atoms with Crippen molar-refractivity contribution in [3.8, 4) is 5.75 Å². The molecule has 3 heterocycles. The molecule has 6 nitrogen and oxygen atoms in total. The molecule has 1 unspecified atom stereocenters. The Kier molecular flexibility index (Phi) is 5.12. The summed E-state index contributed by atoms with van der Waals surface area (Å²) in [5, 5.41) is 10.0. The summed E-state index contributed by atoms with van der Waals surface area (Å²) in [6, 6.07) is 11.6. The predicted molar refractivity (Wildman–Crippen MR) is 111 cm³/mol. The number of benzene rings is 1. The van der Waals surface area contributed by atoms with Crippen molar-refractivity contribution in [3.05, 3.63) is 71.9 Å².